The summed E-state index contributed by atoms with van der Waals surface area (Å²) < 4.78 is 1.78. The van der Waals surface area contributed by atoms with Crippen molar-refractivity contribution in [2.24, 2.45) is 7.05 Å². The van der Waals surface area contributed by atoms with Gasteiger partial charge in [-0.1, -0.05) is 11.3 Å². The van der Waals surface area contributed by atoms with Gasteiger partial charge in [-0.15, -0.1) is 0 Å². The van der Waals surface area contributed by atoms with E-state index in [4.69, 9.17) is 0 Å². The van der Waals surface area contributed by atoms with Crippen molar-refractivity contribution in [2.75, 3.05) is 0 Å². The Hall–Kier alpha value is -1.40. The molecule has 1 atom stereocenters. The molecule has 5 nitrogen and oxygen atoms in total. The van der Waals surface area contributed by atoms with Gasteiger partial charge in [-0.3, -0.25) is 9.48 Å². The summed E-state index contributed by atoms with van der Waals surface area (Å²) in [4.78, 5) is 13.7. The van der Waals surface area contributed by atoms with E-state index in [-0.39, 0.29) is 10.9 Å². The van der Waals surface area contributed by atoms with Crippen LogP contribution in [0.2, 0.25) is 0 Å². The Balaban J connectivity index is 1.93. The Morgan fingerprint density at radius 2 is 2.50 bits per heavy atom. The molecule has 16 heavy (non-hydrogen) atoms. The van der Waals surface area contributed by atoms with Crippen molar-refractivity contribution >= 4 is 11.3 Å². The fourth-order valence-electron chi connectivity index (χ4n) is 1.45. The molecule has 2 rings (SSSR count). The molecule has 0 spiro atoms. The van der Waals surface area contributed by atoms with Crippen LogP contribution in [0.15, 0.2) is 22.6 Å². The summed E-state index contributed by atoms with van der Waals surface area (Å²) in [5.41, 5.74) is 2.06. The van der Waals surface area contributed by atoms with E-state index in [9.17, 15) is 4.79 Å². The maximum absolute atomic E-state index is 10.9. The molecule has 0 radical (unpaired) electrons. The van der Waals surface area contributed by atoms with E-state index < -0.39 is 0 Å². The number of rotatable bonds is 4. The number of nitrogens with one attached hydrogen (secondary N) is 2. The zero-order valence-corrected chi connectivity index (χ0v) is 10.0. The number of H-pyrrole nitrogens is 1. The molecule has 0 amide bonds. The summed E-state index contributed by atoms with van der Waals surface area (Å²) in [6, 6.07) is 0.220. The third-order valence-corrected chi connectivity index (χ3v) is 3.11. The average Bonchev–Trinajstić information content (AvgIpc) is 2.84. The fourth-order valence-corrected chi connectivity index (χ4v) is 2.03. The SMILES string of the molecule is CC(NCc1csc(=O)[nH]1)c1cnn(C)c1. The average molecular weight is 238 g/mol. The molecule has 1 unspecified atom stereocenters. The molecule has 6 heteroatoms. The Labute approximate surface area is 97.1 Å². The van der Waals surface area contributed by atoms with Gasteiger partial charge in [0.2, 0.25) is 0 Å². The van der Waals surface area contributed by atoms with Gasteiger partial charge in [0.15, 0.2) is 0 Å². The lowest BCUT2D eigenvalue weighted by atomic mass is 10.2. The van der Waals surface area contributed by atoms with Gasteiger partial charge >= 0.3 is 4.87 Å². The first-order chi connectivity index (χ1) is 7.65. The Kier molecular flexibility index (Phi) is 3.21. The topological polar surface area (TPSA) is 62.7 Å². The van der Waals surface area contributed by atoms with Crippen LogP contribution in [0.5, 0.6) is 0 Å². The summed E-state index contributed by atoms with van der Waals surface area (Å²) in [6.07, 6.45) is 3.82. The van der Waals surface area contributed by atoms with Gasteiger partial charge in [0.05, 0.1) is 6.20 Å². The Morgan fingerprint density at radius 1 is 1.69 bits per heavy atom. The van der Waals surface area contributed by atoms with E-state index in [1.54, 1.807) is 4.68 Å². The Morgan fingerprint density at radius 3 is 3.06 bits per heavy atom. The Bertz CT molecular complexity index is 513. The molecule has 2 heterocycles. The number of hydrogen-bond acceptors (Lipinski definition) is 4. The molecular formula is C10H14N4OS. The number of aromatic amines is 1. The normalized spacial score (nSPS) is 12.9. The second-order valence-electron chi connectivity index (χ2n) is 3.72. The highest BCUT2D eigenvalue weighted by molar-refractivity contribution is 7.07. The van der Waals surface area contributed by atoms with Crippen LogP contribution in [0.3, 0.4) is 0 Å². The lowest BCUT2D eigenvalue weighted by molar-refractivity contribution is 0.568. The molecule has 0 aliphatic carbocycles. The second kappa shape index (κ2) is 4.63. The van der Waals surface area contributed by atoms with Crippen LogP contribution in [0.4, 0.5) is 0 Å². The van der Waals surface area contributed by atoms with Crippen LogP contribution < -0.4 is 10.2 Å². The smallest absolute Gasteiger partial charge is 0.304 e. The standard InChI is InChI=1S/C10H14N4OS/c1-7(8-3-12-14(2)5-8)11-4-9-6-16-10(15)13-9/h3,5-7,11H,4H2,1-2H3,(H,13,15). The molecule has 2 aromatic heterocycles. The van der Waals surface area contributed by atoms with E-state index in [0.717, 1.165) is 11.3 Å². The molecule has 0 bridgehead atoms. The lowest BCUT2D eigenvalue weighted by Gasteiger charge is -2.10. The van der Waals surface area contributed by atoms with Crippen molar-refractivity contribution in [2.45, 2.75) is 19.5 Å². The summed E-state index contributed by atoms with van der Waals surface area (Å²) in [6.45, 7) is 2.73. The van der Waals surface area contributed by atoms with Gasteiger partial charge in [0.25, 0.3) is 0 Å². The highest BCUT2D eigenvalue weighted by Gasteiger charge is 2.07. The minimum Gasteiger partial charge on any atom is -0.315 e. The highest BCUT2D eigenvalue weighted by atomic mass is 32.1. The van der Waals surface area contributed by atoms with Gasteiger partial charge in [0.1, 0.15) is 0 Å². The molecule has 0 fully saturated rings. The molecule has 2 N–H and O–H groups in total. The van der Waals surface area contributed by atoms with E-state index in [2.05, 4.69) is 22.3 Å². The summed E-state index contributed by atoms with van der Waals surface area (Å²) >= 11 is 1.19. The van der Waals surface area contributed by atoms with Crippen LogP contribution >= 0.6 is 11.3 Å². The predicted molar refractivity (Wildman–Crippen MR) is 63.4 cm³/mol. The maximum Gasteiger partial charge on any atom is 0.304 e. The van der Waals surface area contributed by atoms with Crippen LogP contribution in [0.25, 0.3) is 0 Å². The van der Waals surface area contributed by atoms with Gasteiger partial charge < -0.3 is 10.3 Å². The van der Waals surface area contributed by atoms with Crippen molar-refractivity contribution in [1.29, 1.82) is 0 Å². The minimum atomic E-state index is -0.00849. The van der Waals surface area contributed by atoms with Crippen LogP contribution in [0.1, 0.15) is 24.2 Å². The summed E-state index contributed by atoms with van der Waals surface area (Å²) in [5, 5.41) is 9.28. The fraction of sp³-hybridized carbons (Fsp3) is 0.400. The zero-order valence-electron chi connectivity index (χ0n) is 9.23. The second-order valence-corrected chi connectivity index (χ2v) is 4.57. The lowest BCUT2D eigenvalue weighted by Crippen LogP contribution is -2.18. The largest absolute Gasteiger partial charge is 0.315 e. The maximum atomic E-state index is 10.9. The van der Waals surface area contributed by atoms with E-state index in [1.165, 1.54) is 11.3 Å². The van der Waals surface area contributed by atoms with Crippen LogP contribution in [-0.4, -0.2) is 14.8 Å². The van der Waals surface area contributed by atoms with E-state index in [0.29, 0.717) is 6.54 Å². The number of hydrogen-bond donors (Lipinski definition) is 2. The number of nitrogens with zero attached hydrogens (tertiary/aromatic N) is 2. The first-order valence-corrected chi connectivity index (χ1v) is 5.92. The first-order valence-electron chi connectivity index (χ1n) is 5.04. The minimum absolute atomic E-state index is 0.00849. The molecule has 2 aromatic rings. The zero-order chi connectivity index (χ0) is 11.5. The molecule has 86 valence electrons. The highest BCUT2D eigenvalue weighted by Crippen LogP contribution is 2.10. The first kappa shape index (κ1) is 11.1. The number of aromatic nitrogens is 3. The molecule has 0 aliphatic rings. The van der Waals surface area contributed by atoms with E-state index in [1.807, 2.05) is 24.8 Å². The van der Waals surface area contributed by atoms with Crippen molar-refractivity contribution in [3.05, 3.63) is 38.7 Å². The van der Waals surface area contributed by atoms with Crippen molar-refractivity contribution in [3.8, 4) is 0 Å². The molecule has 0 saturated heterocycles. The number of thiazole rings is 1. The third-order valence-electron chi connectivity index (χ3n) is 2.39. The predicted octanol–water partition coefficient (Wildman–Crippen LogP) is 1.02. The van der Waals surface area contributed by atoms with Crippen molar-refractivity contribution < 1.29 is 0 Å². The molecule has 0 aliphatic heterocycles. The molecular weight excluding hydrogens is 224 g/mol. The van der Waals surface area contributed by atoms with E-state index >= 15 is 0 Å². The van der Waals surface area contributed by atoms with Crippen molar-refractivity contribution in [1.82, 2.24) is 20.1 Å². The molecule has 0 aromatic carbocycles. The van der Waals surface area contributed by atoms with Gasteiger partial charge in [-0.05, 0) is 6.92 Å². The third kappa shape index (κ3) is 2.59. The van der Waals surface area contributed by atoms with Gasteiger partial charge in [0, 0.05) is 42.5 Å². The summed E-state index contributed by atoms with van der Waals surface area (Å²) in [5.74, 6) is 0. The monoisotopic (exact) mass is 238 g/mol. The van der Waals surface area contributed by atoms with Crippen LogP contribution in [-0.2, 0) is 13.6 Å². The quantitative estimate of drug-likeness (QED) is 0.836. The van der Waals surface area contributed by atoms with Crippen molar-refractivity contribution in [3.63, 3.8) is 0 Å². The summed E-state index contributed by atoms with van der Waals surface area (Å²) in [7, 11) is 1.90. The van der Waals surface area contributed by atoms with Gasteiger partial charge in [-0.25, -0.2) is 0 Å². The van der Waals surface area contributed by atoms with Crippen LogP contribution in [0, 0.1) is 0 Å². The molecule has 0 saturated carbocycles. The number of aryl methyl sites for hydroxylation is 1. The van der Waals surface area contributed by atoms with Gasteiger partial charge in [-0.2, -0.15) is 5.10 Å².